The van der Waals surface area contributed by atoms with Crippen LogP contribution in [0, 0.1) is 0 Å². The van der Waals surface area contributed by atoms with E-state index in [9.17, 15) is 0 Å². The zero-order chi connectivity index (χ0) is 18.9. The molecule has 1 unspecified atom stereocenters. The Balaban J connectivity index is 2.52. The fourth-order valence-corrected chi connectivity index (χ4v) is 4.48. The van der Waals surface area contributed by atoms with E-state index in [1.807, 2.05) is 12.3 Å². The van der Waals surface area contributed by atoms with Gasteiger partial charge < -0.3 is 0 Å². The van der Waals surface area contributed by atoms with E-state index >= 15 is 0 Å². The number of benzene rings is 1. The van der Waals surface area contributed by atoms with Gasteiger partial charge in [-0.25, -0.2) is 0 Å². The van der Waals surface area contributed by atoms with E-state index in [2.05, 4.69) is 54.9 Å². The maximum atomic E-state index is 6.79. The summed E-state index contributed by atoms with van der Waals surface area (Å²) < 4.78 is 1.12. The van der Waals surface area contributed by atoms with Crippen molar-refractivity contribution in [3.05, 3.63) is 51.6 Å². The van der Waals surface area contributed by atoms with Crippen molar-refractivity contribution in [1.82, 2.24) is 4.98 Å². The van der Waals surface area contributed by atoms with Crippen molar-refractivity contribution >= 4 is 27.5 Å². The number of unbranched alkanes of at least 4 members (excludes halogenated alkanes) is 2. The Labute approximate surface area is 172 Å². The molecule has 0 amide bonds. The zero-order valence-corrected chi connectivity index (χ0v) is 18.7. The molecule has 0 fully saturated rings. The summed E-state index contributed by atoms with van der Waals surface area (Å²) >= 11 is 10.7. The SMILES string of the molecule is CCCCc1cccnc1-c1cc(CCC)cc(C(Cl)CCCC)c1Br. The fraction of sp³-hybridized carbons (Fsp3) is 0.522. The summed E-state index contributed by atoms with van der Waals surface area (Å²) in [4.78, 5) is 4.75. The zero-order valence-electron chi connectivity index (χ0n) is 16.3. The molecule has 1 aromatic carbocycles. The normalized spacial score (nSPS) is 12.3. The first-order valence-electron chi connectivity index (χ1n) is 10.0. The highest BCUT2D eigenvalue weighted by molar-refractivity contribution is 9.10. The number of halogens is 2. The van der Waals surface area contributed by atoms with E-state index < -0.39 is 0 Å². The predicted molar refractivity (Wildman–Crippen MR) is 118 cm³/mol. The molecule has 0 bridgehead atoms. The van der Waals surface area contributed by atoms with Gasteiger partial charge in [-0.1, -0.05) is 58.6 Å². The lowest BCUT2D eigenvalue weighted by Gasteiger charge is -2.18. The molecule has 0 radical (unpaired) electrons. The van der Waals surface area contributed by atoms with Crippen molar-refractivity contribution in [2.45, 2.75) is 77.5 Å². The van der Waals surface area contributed by atoms with Crippen molar-refractivity contribution in [3.8, 4) is 11.3 Å². The molecule has 0 N–H and O–H groups in total. The molecule has 0 aliphatic carbocycles. The van der Waals surface area contributed by atoms with Crippen LogP contribution in [-0.4, -0.2) is 4.98 Å². The van der Waals surface area contributed by atoms with Crippen LogP contribution >= 0.6 is 27.5 Å². The third-order valence-corrected chi connectivity index (χ3v) is 6.13. The van der Waals surface area contributed by atoms with Gasteiger partial charge >= 0.3 is 0 Å². The van der Waals surface area contributed by atoms with E-state index in [1.54, 1.807) is 0 Å². The number of hydrogen-bond acceptors (Lipinski definition) is 1. The second-order valence-electron chi connectivity index (χ2n) is 7.02. The second kappa shape index (κ2) is 11.1. The minimum absolute atomic E-state index is 0.0442. The second-order valence-corrected chi connectivity index (χ2v) is 8.34. The lowest BCUT2D eigenvalue weighted by molar-refractivity contribution is 0.698. The van der Waals surface area contributed by atoms with Crippen molar-refractivity contribution in [2.24, 2.45) is 0 Å². The van der Waals surface area contributed by atoms with Crippen LogP contribution in [-0.2, 0) is 12.8 Å². The standard InChI is InChI=1S/C23H31BrClN/c1-4-7-11-18-12-9-14-26-23(18)20-16-17(10-6-3)15-19(22(20)24)21(25)13-8-5-2/h9,12,14-16,21H,4-8,10-11,13H2,1-3H3. The Morgan fingerprint density at radius 3 is 2.50 bits per heavy atom. The maximum Gasteiger partial charge on any atom is 0.0745 e. The van der Waals surface area contributed by atoms with Crippen LogP contribution in [0.15, 0.2) is 34.9 Å². The maximum absolute atomic E-state index is 6.79. The van der Waals surface area contributed by atoms with Gasteiger partial charge in [-0.3, -0.25) is 4.98 Å². The number of alkyl halides is 1. The van der Waals surface area contributed by atoms with E-state index in [0.717, 1.165) is 42.3 Å². The van der Waals surface area contributed by atoms with Crippen molar-refractivity contribution < 1.29 is 0 Å². The molecule has 0 spiro atoms. The van der Waals surface area contributed by atoms with Crippen LogP contribution in [0.5, 0.6) is 0 Å². The molecule has 0 aliphatic rings. The van der Waals surface area contributed by atoms with E-state index in [0.29, 0.717) is 0 Å². The lowest BCUT2D eigenvalue weighted by atomic mass is 9.94. The first kappa shape index (κ1) is 21.4. The Morgan fingerprint density at radius 1 is 1.04 bits per heavy atom. The van der Waals surface area contributed by atoms with Crippen molar-refractivity contribution in [2.75, 3.05) is 0 Å². The monoisotopic (exact) mass is 435 g/mol. The lowest BCUT2D eigenvalue weighted by Crippen LogP contribution is -2.00. The van der Waals surface area contributed by atoms with E-state index in [4.69, 9.17) is 16.6 Å². The smallest absolute Gasteiger partial charge is 0.0745 e. The molecule has 1 nitrogen and oxygen atoms in total. The molecule has 3 heteroatoms. The van der Waals surface area contributed by atoms with Crippen molar-refractivity contribution in [3.63, 3.8) is 0 Å². The Kier molecular flexibility index (Phi) is 9.15. The van der Waals surface area contributed by atoms with Gasteiger partial charge in [-0.05, 0) is 70.4 Å². The molecule has 1 heterocycles. The first-order valence-corrected chi connectivity index (χ1v) is 11.3. The molecule has 0 saturated heterocycles. The summed E-state index contributed by atoms with van der Waals surface area (Å²) in [5, 5.41) is 0.0442. The third kappa shape index (κ3) is 5.57. The van der Waals surface area contributed by atoms with Crippen molar-refractivity contribution in [1.29, 1.82) is 0 Å². The van der Waals surface area contributed by atoms with Gasteiger partial charge in [0, 0.05) is 16.2 Å². The Hall–Kier alpha value is -0.860. The van der Waals surface area contributed by atoms with Gasteiger partial charge in [-0.15, -0.1) is 11.6 Å². The summed E-state index contributed by atoms with van der Waals surface area (Å²) in [6.45, 7) is 6.67. The molecule has 1 atom stereocenters. The minimum atomic E-state index is 0.0442. The van der Waals surface area contributed by atoms with E-state index in [-0.39, 0.29) is 5.38 Å². The number of nitrogens with zero attached hydrogens (tertiary/aromatic N) is 1. The molecule has 2 rings (SSSR count). The molecule has 2 aromatic rings. The molecule has 0 saturated carbocycles. The van der Waals surface area contributed by atoms with Gasteiger partial charge in [0.05, 0.1) is 11.1 Å². The van der Waals surface area contributed by atoms with Crippen LogP contribution in [0.3, 0.4) is 0 Å². The topological polar surface area (TPSA) is 12.9 Å². The Bertz CT molecular complexity index is 699. The van der Waals surface area contributed by atoms with Crippen LogP contribution in [0.2, 0.25) is 0 Å². The molecule has 26 heavy (non-hydrogen) atoms. The first-order chi connectivity index (χ1) is 12.6. The molecule has 0 aliphatic heterocycles. The minimum Gasteiger partial charge on any atom is -0.256 e. The average molecular weight is 437 g/mol. The number of aromatic nitrogens is 1. The fourth-order valence-electron chi connectivity index (χ4n) is 3.33. The van der Waals surface area contributed by atoms with Gasteiger partial charge in [0.25, 0.3) is 0 Å². The molecular formula is C23H31BrClN. The van der Waals surface area contributed by atoms with Crippen LogP contribution in [0.4, 0.5) is 0 Å². The summed E-state index contributed by atoms with van der Waals surface area (Å²) in [6.07, 6.45) is 10.9. The largest absolute Gasteiger partial charge is 0.256 e. The van der Waals surface area contributed by atoms with Gasteiger partial charge in [0.1, 0.15) is 0 Å². The molecule has 142 valence electrons. The van der Waals surface area contributed by atoms with Crippen LogP contribution < -0.4 is 0 Å². The highest BCUT2D eigenvalue weighted by atomic mass is 79.9. The summed E-state index contributed by atoms with van der Waals surface area (Å²) in [6, 6.07) is 8.86. The van der Waals surface area contributed by atoms with Crippen LogP contribution in [0.1, 0.15) is 81.4 Å². The number of hydrogen-bond donors (Lipinski definition) is 0. The molecule has 1 aromatic heterocycles. The van der Waals surface area contributed by atoms with Gasteiger partial charge in [0.2, 0.25) is 0 Å². The summed E-state index contributed by atoms with van der Waals surface area (Å²) in [5.74, 6) is 0. The van der Waals surface area contributed by atoms with Gasteiger partial charge in [0.15, 0.2) is 0 Å². The summed E-state index contributed by atoms with van der Waals surface area (Å²) in [7, 11) is 0. The average Bonchev–Trinajstić information content (AvgIpc) is 2.66. The van der Waals surface area contributed by atoms with E-state index in [1.165, 1.54) is 41.5 Å². The quantitative estimate of drug-likeness (QED) is 0.341. The highest BCUT2D eigenvalue weighted by Gasteiger charge is 2.18. The van der Waals surface area contributed by atoms with Crippen LogP contribution in [0.25, 0.3) is 11.3 Å². The number of rotatable bonds is 10. The number of pyridine rings is 1. The Morgan fingerprint density at radius 2 is 1.81 bits per heavy atom. The highest BCUT2D eigenvalue weighted by Crippen LogP contribution is 2.40. The summed E-state index contributed by atoms with van der Waals surface area (Å²) in [5.41, 5.74) is 6.20. The van der Waals surface area contributed by atoms with Gasteiger partial charge in [-0.2, -0.15) is 0 Å². The predicted octanol–water partition coefficient (Wildman–Crippen LogP) is 8.28. The molecular weight excluding hydrogens is 406 g/mol. The number of aryl methyl sites for hydroxylation is 2. The third-order valence-electron chi connectivity index (χ3n) is 4.79.